The molecule has 1 fully saturated rings. The van der Waals surface area contributed by atoms with Gasteiger partial charge in [-0.25, -0.2) is 4.98 Å². The molecule has 0 bridgehead atoms. The largest absolute Gasteiger partial charge is 0.384 e. The summed E-state index contributed by atoms with van der Waals surface area (Å²) in [5, 5.41) is 2.66. The topological polar surface area (TPSA) is 76.5 Å². The lowest BCUT2D eigenvalue weighted by Gasteiger charge is -2.17. The maximum atomic E-state index is 12.4. The van der Waals surface area contributed by atoms with Gasteiger partial charge in [-0.2, -0.15) is 0 Å². The van der Waals surface area contributed by atoms with Crippen LogP contribution in [-0.2, 0) is 20.9 Å². The van der Waals surface area contributed by atoms with E-state index in [0.717, 1.165) is 5.82 Å². The Balaban J connectivity index is 2.02. The number of ether oxygens (including phenoxy) is 1. The SMILES string of the molecule is CNC(=O)[C@@H]1CN(C(=O)Cn2ccnc2C)C[C@H]1COC. The minimum Gasteiger partial charge on any atom is -0.384 e. The van der Waals surface area contributed by atoms with E-state index in [1.165, 1.54) is 0 Å². The van der Waals surface area contributed by atoms with Gasteiger partial charge in [0.05, 0.1) is 12.5 Å². The maximum absolute atomic E-state index is 12.4. The van der Waals surface area contributed by atoms with Crippen LogP contribution in [-0.4, -0.2) is 60.1 Å². The molecule has 1 aromatic rings. The highest BCUT2D eigenvalue weighted by Gasteiger charge is 2.39. The highest BCUT2D eigenvalue weighted by molar-refractivity contribution is 5.82. The molecular formula is C14H22N4O3. The first kappa shape index (κ1) is 15.5. The van der Waals surface area contributed by atoms with Gasteiger partial charge in [0, 0.05) is 45.6 Å². The molecule has 0 aromatic carbocycles. The lowest BCUT2D eigenvalue weighted by Crippen LogP contribution is -2.35. The number of aryl methyl sites for hydroxylation is 1. The van der Waals surface area contributed by atoms with Crippen LogP contribution in [0, 0.1) is 18.8 Å². The van der Waals surface area contributed by atoms with Gasteiger partial charge in [-0.3, -0.25) is 9.59 Å². The van der Waals surface area contributed by atoms with Crippen LogP contribution in [0.15, 0.2) is 12.4 Å². The summed E-state index contributed by atoms with van der Waals surface area (Å²) in [7, 11) is 3.23. The molecule has 1 aliphatic rings. The van der Waals surface area contributed by atoms with Crippen molar-refractivity contribution in [2.24, 2.45) is 11.8 Å². The average molecular weight is 294 g/mol. The molecule has 7 heteroatoms. The van der Waals surface area contributed by atoms with E-state index >= 15 is 0 Å². The number of carbonyl (C=O) groups excluding carboxylic acids is 2. The monoisotopic (exact) mass is 294 g/mol. The number of likely N-dealkylation sites (tertiary alicyclic amines) is 1. The van der Waals surface area contributed by atoms with Crippen LogP contribution in [0.25, 0.3) is 0 Å². The molecule has 116 valence electrons. The van der Waals surface area contributed by atoms with E-state index in [-0.39, 0.29) is 30.2 Å². The molecule has 1 saturated heterocycles. The quantitative estimate of drug-likeness (QED) is 0.806. The van der Waals surface area contributed by atoms with Gasteiger partial charge in [0.15, 0.2) is 0 Å². The van der Waals surface area contributed by atoms with Crippen molar-refractivity contribution < 1.29 is 14.3 Å². The Morgan fingerprint density at radius 3 is 2.81 bits per heavy atom. The second-order valence-electron chi connectivity index (χ2n) is 5.34. The van der Waals surface area contributed by atoms with Gasteiger partial charge < -0.3 is 19.5 Å². The summed E-state index contributed by atoms with van der Waals surface area (Å²) in [6.07, 6.45) is 3.46. The maximum Gasteiger partial charge on any atom is 0.242 e. The van der Waals surface area contributed by atoms with Crippen LogP contribution in [0.1, 0.15) is 5.82 Å². The Morgan fingerprint density at radius 2 is 2.24 bits per heavy atom. The van der Waals surface area contributed by atoms with E-state index in [2.05, 4.69) is 10.3 Å². The lowest BCUT2D eigenvalue weighted by molar-refractivity contribution is -0.131. The number of amides is 2. The van der Waals surface area contributed by atoms with Gasteiger partial charge >= 0.3 is 0 Å². The van der Waals surface area contributed by atoms with Crippen molar-refractivity contribution in [1.82, 2.24) is 19.8 Å². The van der Waals surface area contributed by atoms with Crippen molar-refractivity contribution in [3.8, 4) is 0 Å². The van der Waals surface area contributed by atoms with Crippen LogP contribution in [0.3, 0.4) is 0 Å². The zero-order valence-electron chi connectivity index (χ0n) is 12.7. The van der Waals surface area contributed by atoms with Gasteiger partial charge in [0.2, 0.25) is 11.8 Å². The van der Waals surface area contributed by atoms with Crippen LogP contribution >= 0.6 is 0 Å². The zero-order valence-corrected chi connectivity index (χ0v) is 12.7. The van der Waals surface area contributed by atoms with Crippen LogP contribution < -0.4 is 5.32 Å². The molecule has 0 radical (unpaired) electrons. The fourth-order valence-electron chi connectivity index (χ4n) is 2.76. The van der Waals surface area contributed by atoms with Crippen LogP contribution in [0.5, 0.6) is 0 Å². The third-order valence-electron chi connectivity index (χ3n) is 3.99. The number of aromatic nitrogens is 2. The molecule has 0 aliphatic carbocycles. The second kappa shape index (κ2) is 6.71. The number of carbonyl (C=O) groups is 2. The first-order valence-electron chi connectivity index (χ1n) is 7.02. The summed E-state index contributed by atoms with van der Waals surface area (Å²) in [6.45, 7) is 3.59. The zero-order chi connectivity index (χ0) is 15.4. The standard InChI is InChI=1S/C14H22N4O3/c1-10-16-4-5-17(10)8-13(19)18-6-11(9-21-3)12(7-18)14(20)15-2/h4-5,11-12H,6-9H2,1-3H3,(H,15,20)/t11-,12+/m0/s1. The van der Waals surface area contributed by atoms with Gasteiger partial charge in [-0.05, 0) is 6.92 Å². The molecule has 2 amide bonds. The second-order valence-corrected chi connectivity index (χ2v) is 5.34. The van der Waals surface area contributed by atoms with Crippen molar-refractivity contribution in [1.29, 1.82) is 0 Å². The highest BCUT2D eigenvalue weighted by atomic mass is 16.5. The van der Waals surface area contributed by atoms with E-state index in [9.17, 15) is 9.59 Å². The van der Waals surface area contributed by atoms with E-state index in [1.54, 1.807) is 36.0 Å². The number of nitrogens with zero attached hydrogens (tertiary/aromatic N) is 3. The number of hydrogen-bond acceptors (Lipinski definition) is 4. The number of hydrogen-bond donors (Lipinski definition) is 1. The third kappa shape index (κ3) is 3.41. The summed E-state index contributed by atoms with van der Waals surface area (Å²) < 4.78 is 6.98. The molecule has 1 N–H and O–H groups in total. The van der Waals surface area contributed by atoms with Gasteiger partial charge in [0.25, 0.3) is 0 Å². The average Bonchev–Trinajstić information content (AvgIpc) is 3.06. The first-order chi connectivity index (χ1) is 10.1. The van der Waals surface area contributed by atoms with E-state index < -0.39 is 0 Å². The summed E-state index contributed by atoms with van der Waals surface area (Å²) in [5.41, 5.74) is 0. The Labute approximate surface area is 124 Å². The highest BCUT2D eigenvalue weighted by Crippen LogP contribution is 2.24. The summed E-state index contributed by atoms with van der Waals surface area (Å²) >= 11 is 0. The predicted molar refractivity (Wildman–Crippen MR) is 76.5 cm³/mol. The molecule has 0 spiro atoms. The summed E-state index contributed by atoms with van der Waals surface area (Å²) in [6, 6.07) is 0. The Morgan fingerprint density at radius 1 is 1.48 bits per heavy atom. The van der Waals surface area contributed by atoms with Crippen molar-refractivity contribution in [2.45, 2.75) is 13.5 Å². The summed E-state index contributed by atoms with van der Waals surface area (Å²) in [5.74, 6) is 0.610. The van der Waals surface area contributed by atoms with Gasteiger partial charge in [0.1, 0.15) is 12.4 Å². The number of methoxy groups -OCH3 is 1. The van der Waals surface area contributed by atoms with E-state index in [1.807, 2.05) is 6.92 Å². The molecule has 1 aliphatic heterocycles. The Kier molecular flexibility index (Phi) is 4.95. The van der Waals surface area contributed by atoms with Crippen LogP contribution in [0.4, 0.5) is 0 Å². The van der Waals surface area contributed by atoms with Crippen LogP contribution in [0.2, 0.25) is 0 Å². The minimum absolute atomic E-state index is 0.00334. The van der Waals surface area contributed by atoms with Crippen molar-refractivity contribution >= 4 is 11.8 Å². The van der Waals surface area contributed by atoms with Crippen molar-refractivity contribution in [2.75, 3.05) is 33.9 Å². The van der Waals surface area contributed by atoms with E-state index in [0.29, 0.717) is 19.7 Å². The molecule has 1 aromatic heterocycles. The fraction of sp³-hybridized carbons (Fsp3) is 0.643. The summed E-state index contributed by atoms with van der Waals surface area (Å²) in [4.78, 5) is 30.1. The third-order valence-corrected chi connectivity index (χ3v) is 3.99. The number of nitrogens with one attached hydrogen (secondary N) is 1. The number of imidazole rings is 1. The predicted octanol–water partition coefficient (Wildman–Crippen LogP) is -0.341. The van der Waals surface area contributed by atoms with Crippen molar-refractivity contribution in [3.63, 3.8) is 0 Å². The fourth-order valence-corrected chi connectivity index (χ4v) is 2.76. The molecule has 2 heterocycles. The normalized spacial score (nSPS) is 21.6. The molecule has 0 unspecified atom stereocenters. The van der Waals surface area contributed by atoms with Gasteiger partial charge in [-0.1, -0.05) is 0 Å². The molecule has 2 atom stereocenters. The lowest BCUT2D eigenvalue weighted by atomic mass is 9.96. The number of rotatable bonds is 5. The minimum atomic E-state index is -0.206. The Bertz CT molecular complexity index is 514. The molecule has 2 rings (SSSR count). The Hall–Kier alpha value is -1.89. The van der Waals surface area contributed by atoms with Gasteiger partial charge in [-0.15, -0.1) is 0 Å². The molecule has 21 heavy (non-hydrogen) atoms. The smallest absolute Gasteiger partial charge is 0.242 e. The van der Waals surface area contributed by atoms with Crippen molar-refractivity contribution in [3.05, 3.63) is 18.2 Å². The molecule has 7 nitrogen and oxygen atoms in total. The molecular weight excluding hydrogens is 272 g/mol. The molecule has 0 saturated carbocycles. The first-order valence-corrected chi connectivity index (χ1v) is 7.02. The van der Waals surface area contributed by atoms with E-state index in [4.69, 9.17) is 4.74 Å².